The van der Waals surface area contributed by atoms with Crippen molar-refractivity contribution in [2.45, 2.75) is 35.7 Å². The van der Waals surface area contributed by atoms with Crippen molar-refractivity contribution in [2.75, 3.05) is 25.0 Å². The van der Waals surface area contributed by atoms with E-state index in [9.17, 15) is 26.4 Å². The molecule has 45 heavy (non-hydrogen) atoms. The van der Waals surface area contributed by atoms with Gasteiger partial charge in [0.05, 0.1) is 29.0 Å². The number of aromatic nitrogens is 1. The van der Waals surface area contributed by atoms with Crippen LogP contribution < -0.4 is 16.4 Å². The lowest BCUT2D eigenvalue weighted by atomic mass is 9.84. The van der Waals surface area contributed by atoms with Gasteiger partial charge in [-0.05, 0) is 60.4 Å². The largest absolute Gasteiger partial charge is 0.323 e. The van der Waals surface area contributed by atoms with Crippen LogP contribution in [0.15, 0.2) is 90.1 Å². The number of carbonyl (C=O) groups is 1. The minimum absolute atomic E-state index is 0.0139. The van der Waals surface area contributed by atoms with Crippen molar-refractivity contribution >= 4 is 21.6 Å². The Bertz CT molecular complexity index is 1740. The number of halogens is 4. The molecule has 0 radical (unpaired) electrons. The van der Waals surface area contributed by atoms with E-state index >= 15 is 4.39 Å². The summed E-state index contributed by atoms with van der Waals surface area (Å²) in [5, 5.41) is 5.77. The molecule has 1 amide bonds. The summed E-state index contributed by atoms with van der Waals surface area (Å²) >= 11 is 0. The van der Waals surface area contributed by atoms with Crippen molar-refractivity contribution in [2.24, 2.45) is 5.73 Å². The Morgan fingerprint density at radius 2 is 1.64 bits per heavy atom. The smallest absolute Gasteiger partial charge is 0.243 e. The van der Waals surface area contributed by atoms with Crippen LogP contribution in [0.4, 0.5) is 23.2 Å². The fourth-order valence-corrected chi connectivity index (χ4v) is 7.24. The molecule has 1 aliphatic rings. The highest BCUT2D eigenvalue weighted by molar-refractivity contribution is 7.89. The zero-order chi connectivity index (χ0) is 32.1. The predicted octanol–water partition coefficient (Wildman–Crippen LogP) is 4.33. The lowest BCUT2D eigenvalue weighted by molar-refractivity contribution is -0.117. The number of nitrogens with zero attached hydrogens (tertiary/aromatic N) is 2. The average Bonchev–Trinajstić information content (AvgIpc) is 3.02. The van der Waals surface area contributed by atoms with Crippen LogP contribution in [-0.2, 0) is 21.2 Å². The molecule has 5 rings (SSSR count). The van der Waals surface area contributed by atoms with Gasteiger partial charge in [-0.1, -0.05) is 30.3 Å². The number of benzene rings is 3. The van der Waals surface area contributed by atoms with E-state index in [1.807, 2.05) is 0 Å². The van der Waals surface area contributed by atoms with Crippen molar-refractivity contribution < 1.29 is 30.8 Å². The maximum atomic E-state index is 15.2. The van der Waals surface area contributed by atoms with Gasteiger partial charge in [-0.15, -0.1) is 0 Å². The Labute approximate surface area is 258 Å². The number of nitrogens with one attached hydrogen (secondary N) is 2. The summed E-state index contributed by atoms with van der Waals surface area (Å²) in [7, 11) is -3.81. The second-order valence-electron chi connectivity index (χ2n) is 10.7. The van der Waals surface area contributed by atoms with Crippen molar-refractivity contribution in [1.29, 1.82) is 0 Å². The SMILES string of the molecule is N[C@H](C(=O)Nc1cncc(F)c1CC[C@H]1CNCCN1S(=O)(=O)c1ccccc1)[C@@H](c1ccc(F)cc1)c1cc(F)cc(F)c1. The molecular weight excluding hydrogens is 610 g/mol. The number of anilines is 1. The number of pyridine rings is 1. The van der Waals surface area contributed by atoms with E-state index in [-0.39, 0.29) is 41.1 Å². The molecule has 0 spiro atoms. The highest BCUT2D eigenvalue weighted by Gasteiger charge is 2.34. The summed E-state index contributed by atoms with van der Waals surface area (Å²) in [6.07, 6.45) is 2.49. The van der Waals surface area contributed by atoms with Crippen LogP contribution >= 0.6 is 0 Å². The van der Waals surface area contributed by atoms with Crippen molar-refractivity contribution in [3.63, 3.8) is 0 Å². The number of sulfonamides is 1. The standard InChI is InChI=1S/C32H31F4N5O3S/c33-22-8-6-20(7-9-22)30(21-14-23(34)16-24(35)15-21)31(37)32(42)40-29-19-39-18-28(36)27(29)11-10-25-17-38-12-13-41(25)45(43,44)26-4-2-1-3-5-26/h1-9,14-16,18-19,25,30-31,38H,10-13,17,37H2,(H,40,42)/t25-,30-,31-/m0/s1. The van der Waals surface area contributed by atoms with Crippen LogP contribution in [0.2, 0.25) is 0 Å². The number of piperazine rings is 1. The van der Waals surface area contributed by atoms with Crippen molar-refractivity contribution in [3.05, 3.63) is 125 Å². The fourth-order valence-electron chi connectivity index (χ4n) is 5.57. The summed E-state index contributed by atoms with van der Waals surface area (Å²) in [6.45, 7) is 1.02. The van der Waals surface area contributed by atoms with Gasteiger partial charge < -0.3 is 16.4 Å². The summed E-state index contributed by atoms with van der Waals surface area (Å²) in [5.41, 5.74) is 6.84. The maximum Gasteiger partial charge on any atom is 0.243 e. The third-order valence-corrected chi connectivity index (χ3v) is 9.74. The molecule has 0 saturated carbocycles. The minimum Gasteiger partial charge on any atom is -0.323 e. The van der Waals surface area contributed by atoms with E-state index in [0.717, 1.165) is 30.5 Å². The lowest BCUT2D eigenvalue weighted by Gasteiger charge is -2.35. The molecule has 0 bridgehead atoms. The van der Waals surface area contributed by atoms with E-state index in [1.165, 1.54) is 34.8 Å². The molecule has 1 aliphatic heterocycles. The third kappa shape index (κ3) is 7.39. The molecule has 4 N–H and O–H groups in total. The van der Waals surface area contributed by atoms with Crippen LogP contribution in [-0.4, -0.2) is 55.3 Å². The predicted molar refractivity (Wildman–Crippen MR) is 161 cm³/mol. The van der Waals surface area contributed by atoms with Gasteiger partial charge in [-0.3, -0.25) is 9.78 Å². The number of amides is 1. The maximum absolute atomic E-state index is 15.2. The highest BCUT2D eigenvalue weighted by Crippen LogP contribution is 2.31. The number of rotatable bonds is 10. The molecule has 0 unspecified atom stereocenters. The first kappa shape index (κ1) is 32.2. The number of carbonyl (C=O) groups excluding carboxylic acids is 1. The van der Waals surface area contributed by atoms with E-state index < -0.39 is 57.2 Å². The topological polar surface area (TPSA) is 117 Å². The van der Waals surface area contributed by atoms with Crippen LogP contribution in [0.5, 0.6) is 0 Å². The Morgan fingerprint density at radius 1 is 0.956 bits per heavy atom. The zero-order valence-corrected chi connectivity index (χ0v) is 24.8. The summed E-state index contributed by atoms with van der Waals surface area (Å²) < 4.78 is 85.4. The highest BCUT2D eigenvalue weighted by atomic mass is 32.2. The molecule has 3 aromatic carbocycles. The van der Waals surface area contributed by atoms with Gasteiger partial charge in [-0.2, -0.15) is 4.31 Å². The van der Waals surface area contributed by atoms with E-state index in [2.05, 4.69) is 15.6 Å². The Kier molecular flexibility index (Phi) is 9.93. The van der Waals surface area contributed by atoms with Gasteiger partial charge in [0, 0.05) is 43.2 Å². The molecule has 236 valence electrons. The lowest BCUT2D eigenvalue weighted by Crippen LogP contribution is -2.53. The summed E-state index contributed by atoms with van der Waals surface area (Å²) in [5.74, 6) is -4.95. The Hall–Kier alpha value is -4.17. The minimum atomic E-state index is -3.81. The van der Waals surface area contributed by atoms with E-state index in [1.54, 1.807) is 18.2 Å². The normalized spacial score (nSPS) is 17.0. The fraction of sp³-hybridized carbons (Fsp3) is 0.250. The Morgan fingerprint density at radius 3 is 2.33 bits per heavy atom. The molecule has 4 aromatic rings. The van der Waals surface area contributed by atoms with Crippen LogP contribution in [0.3, 0.4) is 0 Å². The van der Waals surface area contributed by atoms with Gasteiger partial charge in [0.1, 0.15) is 23.3 Å². The third-order valence-electron chi connectivity index (χ3n) is 7.77. The molecule has 1 saturated heterocycles. The first-order valence-electron chi connectivity index (χ1n) is 14.2. The number of hydrogen-bond acceptors (Lipinski definition) is 6. The van der Waals surface area contributed by atoms with Crippen LogP contribution in [0.1, 0.15) is 29.0 Å². The van der Waals surface area contributed by atoms with E-state index in [0.29, 0.717) is 24.7 Å². The quantitative estimate of drug-likeness (QED) is 0.222. The van der Waals surface area contributed by atoms with Gasteiger partial charge in [-0.25, -0.2) is 26.0 Å². The molecule has 13 heteroatoms. The van der Waals surface area contributed by atoms with Crippen molar-refractivity contribution in [1.82, 2.24) is 14.6 Å². The second kappa shape index (κ2) is 13.9. The molecule has 3 atom stereocenters. The van der Waals surface area contributed by atoms with Gasteiger partial charge in [0.25, 0.3) is 0 Å². The second-order valence-corrected chi connectivity index (χ2v) is 12.6. The monoisotopic (exact) mass is 641 g/mol. The van der Waals surface area contributed by atoms with Crippen LogP contribution in [0.25, 0.3) is 0 Å². The van der Waals surface area contributed by atoms with Crippen LogP contribution in [0, 0.1) is 23.3 Å². The number of nitrogens with two attached hydrogens (primary N) is 1. The molecular formula is C32H31F4N5O3S. The molecule has 0 aliphatic carbocycles. The summed E-state index contributed by atoms with van der Waals surface area (Å²) in [4.78, 5) is 17.5. The summed E-state index contributed by atoms with van der Waals surface area (Å²) in [6, 6.07) is 13.8. The van der Waals surface area contributed by atoms with Crippen molar-refractivity contribution in [3.8, 4) is 0 Å². The zero-order valence-electron chi connectivity index (χ0n) is 24.0. The van der Waals surface area contributed by atoms with Gasteiger partial charge >= 0.3 is 0 Å². The van der Waals surface area contributed by atoms with Gasteiger partial charge in [0.15, 0.2) is 0 Å². The average molecular weight is 642 g/mol. The Balaban J connectivity index is 1.38. The number of hydrogen-bond donors (Lipinski definition) is 3. The first-order valence-corrected chi connectivity index (χ1v) is 15.7. The van der Waals surface area contributed by atoms with E-state index in [4.69, 9.17) is 5.73 Å². The molecule has 2 heterocycles. The first-order chi connectivity index (χ1) is 21.5. The molecule has 1 fully saturated rings. The van der Waals surface area contributed by atoms with Gasteiger partial charge in [0.2, 0.25) is 15.9 Å². The molecule has 1 aromatic heterocycles. The molecule has 8 nitrogen and oxygen atoms in total.